The Kier molecular flexibility index (Phi) is 3.66. The van der Waals surface area contributed by atoms with E-state index in [1.54, 1.807) is 38.2 Å². The number of hydrogen-bond donors (Lipinski definition) is 2. The van der Waals surface area contributed by atoms with Crippen LogP contribution in [-0.4, -0.2) is 25.4 Å². The summed E-state index contributed by atoms with van der Waals surface area (Å²) in [6, 6.07) is 8.21. The molecule has 0 aliphatic heterocycles. The van der Waals surface area contributed by atoms with E-state index in [2.05, 4.69) is 20.0 Å². The van der Waals surface area contributed by atoms with Gasteiger partial charge in [0.05, 0.1) is 0 Å². The predicted octanol–water partition coefficient (Wildman–Crippen LogP) is 1.63. The van der Waals surface area contributed by atoms with Crippen molar-refractivity contribution in [3.8, 4) is 0 Å². The van der Waals surface area contributed by atoms with Crippen LogP contribution in [0.4, 0.5) is 11.6 Å². The van der Waals surface area contributed by atoms with E-state index in [1.165, 1.54) is 12.3 Å². The normalized spacial score (nSPS) is 11.1. The number of hydrogen-bond acceptors (Lipinski definition) is 5. The lowest BCUT2D eigenvalue weighted by molar-refractivity contribution is 0.600. The topological polar surface area (TPSA) is 84.0 Å². The van der Waals surface area contributed by atoms with Crippen molar-refractivity contribution in [2.75, 3.05) is 17.1 Å². The van der Waals surface area contributed by atoms with Gasteiger partial charge in [0.1, 0.15) is 16.5 Å². The zero-order valence-corrected chi connectivity index (χ0v) is 11.4. The van der Waals surface area contributed by atoms with Crippen LogP contribution in [0.25, 0.3) is 0 Å². The summed E-state index contributed by atoms with van der Waals surface area (Å²) >= 11 is 0. The third-order valence-corrected chi connectivity index (χ3v) is 3.77. The van der Waals surface area contributed by atoms with E-state index in [9.17, 15) is 8.42 Å². The van der Waals surface area contributed by atoms with Gasteiger partial charge in [-0.1, -0.05) is 6.07 Å². The minimum Gasteiger partial charge on any atom is -0.373 e. The molecule has 2 aromatic rings. The largest absolute Gasteiger partial charge is 0.373 e. The lowest BCUT2D eigenvalue weighted by Crippen LogP contribution is -2.14. The van der Waals surface area contributed by atoms with Crippen molar-refractivity contribution < 1.29 is 8.42 Å². The average molecular weight is 278 g/mol. The van der Waals surface area contributed by atoms with E-state index in [0.29, 0.717) is 5.82 Å². The Morgan fingerprint density at radius 1 is 1.11 bits per heavy atom. The summed E-state index contributed by atoms with van der Waals surface area (Å²) in [5, 5.41) is 2.82. The molecule has 0 aliphatic rings. The molecule has 0 fully saturated rings. The third-order valence-electron chi connectivity index (χ3n) is 2.43. The van der Waals surface area contributed by atoms with Crippen molar-refractivity contribution in [1.29, 1.82) is 0 Å². The zero-order chi connectivity index (χ0) is 13.9. The van der Waals surface area contributed by atoms with E-state index in [0.717, 1.165) is 5.69 Å². The molecule has 6 nitrogen and oxygen atoms in total. The molecule has 0 saturated heterocycles. The molecule has 2 aromatic heterocycles. The van der Waals surface area contributed by atoms with Crippen molar-refractivity contribution in [1.82, 2.24) is 9.97 Å². The number of rotatable bonds is 4. The number of pyridine rings is 2. The second-order valence-corrected chi connectivity index (χ2v) is 5.58. The fraction of sp³-hybridized carbons (Fsp3) is 0.167. The van der Waals surface area contributed by atoms with Crippen molar-refractivity contribution in [3.63, 3.8) is 0 Å². The van der Waals surface area contributed by atoms with Gasteiger partial charge in [0.25, 0.3) is 10.0 Å². The van der Waals surface area contributed by atoms with Crippen LogP contribution in [0.5, 0.6) is 0 Å². The maximum Gasteiger partial charge on any atom is 0.264 e. The van der Waals surface area contributed by atoms with E-state index in [-0.39, 0.29) is 10.7 Å². The Hall–Kier alpha value is -2.15. The Labute approximate surface area is 112 Å². The Balaban J connectivity index is 2.27. The van der Waals surface area contributed by atoms with Gasteiger partial charge in [0.2, 0.25) is 0 Å². The summed E-state index contributed by atoms with van der Waals surface area (Å²) < 4.78 is 26.6. The van der Waals surface area contributed by atoms with Crippen LogP contribution in [0.15, 0.2) is 41.4 Å². The first kappa shape index (κ1) is 13.3. The van der Waals surface area contributed by atoms with Gasteiger partial charge < -0.3 is 5.32 Å². The molecule has 0 aromatic carbocycles. The first-order valence-corrected chi connectivity index (χ1v) is 7.10. The molecule has 0 radical (unpaired) electrons. The monoisotopic (exact) mass is 278 g/mol. The molecule has 19 heavy (non-hydrogen) atoms. The number of nitrogens with one attached hydrogen (secondary N) is 2. The van der Waals surface area contributed by atoms with Crippen LogP contribution in [0.1, 0.15) is 5.69 Å². The SMILES string of the molecule is CNc1ccc(S(=O)(=O)Nc2cccc(C)n2)cn1. The molecule has 0 bridgehead atoms. The van der Waals surface area contributed by atoms with Crippen molar-refractivity contribution in [3.05, 3.63) is 42.2 Å². The smallest absolute Gasteiger partial charge is 0.264 e. The number of anilines is 2. The molecule has 2 N–H and O–H groups in total. The first-order valence-electron chi connectivity index (χ1n) is 5.61. The summed E-state index contributed by atoms with van der Waals surface area (Å²) in [4.78, 5) is 8.16. The maximum atomic E-state index is 12.1. The fourth-order valence-electron chi connectivity index (χ4n) is 1.48. The first-order chi connectivity index (χ1) is 9.01. The molecule has 2 rings (SSSR count). The molecule has 7 heteroatoms. The molecule has 0 aliphatic carbocycles. The number of nitrogens with zero attached hydrogens (tertiary/aromatic N) is 2. The zero-order valence-electron chi connectivity index (χ0n) is 10.6. The van der Waals surface area contributed by atoms with Gasteiger partial charge in [-0.15, -0.1) is 0 Å². The summed E-state index contributed by atoms with van der Waals surface area (Å²) in [6.07, 6.45) is 1.30. The van der Waals surface area contributed by atoms with Gasteiger partial charge in [0.15, 0.2) is 0 Å². The van der Waals surface area contributed by atoms with Gasteiger partial charge in [-0.3, -0.25) is 4.72 Å². The van der Waals surface area contributed by atoms with E-state index >= 15 is 0 Å². The minimum atomic E-state index is -3.66. The molecular weight excluding hydrogens is 264 g/mol. The maximum absolute atomic E-state index is 12.1. The average Bonchev–Trinajstić information content (AvgIpc) is 2.38. The lowest BCUT2D eigenvalue weighted by Gasteiger charge is -2.08. The van der Waals surface area contributed by atoms with Crippen molar-refractivity contribution in [2.45, 2.75) is 11.8 Å². The summed E-state index contributed by atoms with van der Waals surface area (Å²) in [5.74, 6) is 0.894. The van der Waals surface area contributed by atoms with Gasteiger partial charge in [0, 0.05) is 18.9 Å². The standard InChI is InChI=1S/C12H14N4O2S/c1-9-4-3-5-12(15-9)16-19(17,18)10-6-7-11(13-2)14-8-10/h3-8H,1-2H3,(H,13,14)(H,15,16). The predicted molar refractivity (Wildman–Crippen MR) is 73.6 cm³/mol. The Bertz CT molecular complexity index is 668. The van der Waals surface area contributed by atoms with Crippen LogP contribution < -0.4 is 10.0 Å². The second kappa shape index (κ2) is 5.23. The minimum absolute atomic E-state index is 0.0924. The quantitative estimate of drug-likeness (QED) is 0.888. The lowest BCUT2D eigenvalue weighted by atomic mass is 10.4. The van der Waals surface area contributed by atoms with Crippen LogP contribution in [0, 0.1) is 6.92 Å². The molecule has 0 saturated carbocycles. The summed E-state index contributed by atoms with van der Waals surface area (Å²) in [5.41, 5.74) is 0.740. The summed E-state index contributed by atoms with van der Waals surface area (Å²) in [7, 11) is -1.94. The Morgan fingerprint density at radius 2 is 1.89 bits per heavy atom. The number of sulfonamides is 1. The number of aryl methyl sites for hydroxylation is 1. The van der Waals surface area contributed by atoms with Crippen LogP contribution in [0.2, 0.25) is 0 Å². The highest BCUT2D eigenvalue weighted by Gasteiger charge is 2.15. The molecule has 2 heterocycles. The molecular formula is C12H14N4O2S. The van der Waals surface area contributed by atoms with Crippen LogP contribution >= 0.6 is 0 Å². The second-order valence-electron chi connectivity index (χ2n) is 3.90. The van der Waals surface area contributed by atoms with E-state index < -0.39 is 10.0 Å². The third kappa shape index (κ3) is 3.19. The summed E-state index contributed by atoms with van der Waals surface area (Å²) in [6.45, 7) is 1.79. The van der Waals surface area contributed by atoms with Crippen LogP contribution in [0.3, 0.4) is 0 Å². The number of aromatic nitrogens is 2. The fourth-order valence-corrected chi connectivity index (χ4v) is 2.43. The molecule has 0 amide bonds. The van der Waals surface area contributed by atoms with Gasteiger partial charge in [-0.25, -0.2) is 18.4 Å². The van der Waals surface area contributed by atoms with Crippen molar-refractivity contribution >= 4 is 21.7 Å². The molecule has 0 unspecified atom stereocenters. The highest BCUT2D eigenvalue weighted by atomic mass is 32.2. The van der Waals surface area contributed by atoms with Gasteiger partial charge >= 0.3 is 0 Å². The van der Waals surface area contributed by atoms with E-state index in [1.807, 2.05) is 0 Å². The molecule has 0 atom stereocenters. The Morgan fingerprint density at radius 3 is 2.47 bits per heavy atom. The molecule has 0 spiro atoms. The molecule has 100 valence electrons. The van der Waals surface area contributed by atoms with E-state index in [4.69, 9.17) is 0 Å². The van der Waals surface area contributed by atoms with Gasteiger partial charge in [-0.2, -0.15) is 0 Å². The van der Waals surface area contributed by atoms with Gasteiger partial charge in [-0.05, 0) is 31.2 Å². The van der Waals surface area contributed by atoms with Crippen LogP contribution in [-0.2, 0) is 10.0 Å². The highest BCUT2D eigenvalue weighted by Crippen LogP contribution is 2.15. The van der Waals surface area contributed by atoms with Crippen molar-refractivity contribution in [2.24, 2.45) is 0 Å². The highest BCUT2D eigenvalue weighted by molar-refractivity contribution is 7.92.